The lowest BCUT2D eigenvalue weighted by Crippen LogP contribution is -2.44. The van der Waals surface area contributed by atoms with Crippen molar-refractivity contribution in [3.8, 4) is 0 Å². The average Bonchev–Trinajstić information content (AvgIpc) is 2.49. The minimum absolute atomic E-state index is 0.00275. The van der Waals surface area contributed by atoms with E-state index >= 15 is 0 Å². The Balaban J connectivity index is 2.05. The van der Waals surface area contributed by atoms with Crippen LogP contribution in [-0.4, -0.2) is 34.5 Å². The Kier molecular flexibility index (Phi) is 5.46. The van der Waals surface area contributed by atoms with Crippen LogP contribution in [0.15, 0.2) is 18.2 Å². The largest absolute Gasteiger partial charge is 0.481 e. The van der Waals surface area contributed by atoms with E-state index in [1.54, 1.807) is 4.90 Å². The molecule has 1 atom stereocenters. The highest BCUT2D eigenvalue weighted by Crippen LogP contribution is 2.22. The fraction of sp³-hybridized carbons (Fsp3) is 0.500. The summed E-state index contributed by atoms with van der Waals surface area (Å²) in [4.78, 5) is 24.7. The number of rotatable bonds is 5. The van der Waals surface area contributed by atoms with Crippen LogP contribution in [0.25, 0.3) is 0 Å². The van der Waals surface area contributed by atoms with Crippen LogP contribution in [0.4, 0.5) is 8.78 Å². The summed E-state index contributed by atoms with van der Waals surface area (Å²) in [7, 11) is 0. The Morgan fingerprint density at radius 1 is 1.27 bits per heavy atom. The fourth-order valence-electron chi connectivity index (χ4n) is 2.86. The molecule has 1 aromatic carbocycles. The van der Waals surface area contributed by atoms with E-state index in [1.807, 2.05) is 0 Å². The third-order valence-corrected chi connectivity index (χ3v) is 3.99. The SMILES string of the molecule is O=C(O)CC[C@@H]1CCCCN1C(=O)Cc1cc(F)ccc1F. The average molecular weight is 311 g/mol. The van der Waals surface area contributed by atoms with Crippen LogP contribution in [0.2, 0.25) is 0 Å². The van der Waals surface area contributed by atoms with Crippen molar-refractivity contribution in [2.75, 3.05) is 6.54 Å². The maximum atomic E-state index is 13.6. The Morgan fingerprint density at radius 3 is 2.77 bits per heavy atom. The first-order valence-electron chi connectivity index (χ1n) is 7.42. The van der Waals surface area contributed by atoms with E-state index in [0.29, 0.717) is 13.0 Å². The van der Waals surface area contributed by atoms with Crippen molar-refractivity contribution in [1.82, 2.24) is 4.90 Å². The summed E-state index contributed by atoms with van der Waals surface area (Å²) in [5.41, 5.74) is 0.0348. The molecule has 1 aliphatic rings. The van der Waals surface area contributed by atoms with Gasteiger partial charge in [0.25, 0.3) is 0 Å². The zero-order valence-electron chi connectivity index (χ0n) is 12.2. The van der Waals surface area contributed by atoms with Crippen LogP contribution in [0.1, 0.15) is 37.7 Å². The lowest BCUT2D eigenvalue weighted by Gasteiger charge is -2.35. The predicted octanol–water partition coefficient (Wildman–Crippen LogP) is 2.75. The van der Waals surface area contributed by atoms with Crippen molar-refractivity contribution in [3.05, 3.63) is 35.4 Å². The molecule has 4 nitrogen and oxygen atoms in total. The van der Waals surface area contributed by atoms with Gasteiger partial charge in [-0.3, -0.25) is 9.59 Å². The number of amides is 1. The van der Waals surface area contributed by atoms with Gasteiger partial charge in [0.05, 0.1) is 6.42 Å². The predicted molar refractivity (Wildman–Crippen MR) is 76.3 cm³/mol. The molecule has 2 rings (SSSR count). The molecule has 0 unspecified atom stereocenters. The topological polar surface area (TPSA) is 57.6 Å². The first-order valence-corrected chi connectivity index (χ1v) is 7.42. The second-order valence-corrected chi connectivity index (χ2v) is 5.58. The highest BCUT2D eigenvalue weighted by molar-refractivity contribution is 5.79. The molecule has 1 heterocycles. The Morgan fingerprint density at radius 2 is 2.05 bits per heavy atom. The number of carbonyl (C=O) groups excluding carboxylic acids is 1. The molecule has 0 bridgehead atoms. The molecule has 1 aromatic rings. The van der Waals surface area contributed by atoms with E-state index in [9.17, 15) is 18.4 Å². The quantitative estimate of drug-likeness (QED) is 0.909. The van der Waals surface area contributed by atoms with Crippen LogP contribution in [-0.2, 0) is 16.0 Å². The molecular weight excluding hydrogens is 292 g/mol. The highest BCUT2D eigenvalue weighted by Gasteiger charge is 2.27. The highest BCUT2D eigenvalue weighted by atomic mass is 19.1. The summed E-state index contributed by atoms with van der Waals surface area (Å²) >= 11 is 0. The molecule has 1 amide bonds. The summed E-state index contributed by atoms with van der Waals surface area (Å²) in [5, 5.41) is 8.78. The van der Waals surface area contributed by atoms with E-state index in [2.05, 4.69) is 0 Å². The Hall–Kier alpha value is -1.98. The summed E-state index contributed by atoms with van der Waals surface area (Å²) < 4.78 is 26.8. The smallest absolute Gasteiger partial charge is 0.303 e. The molecule has 1 fully saturated rings. The zero-order chi connectivity index (χ0) is 16.1. The van der Waals surface area contributed by atoms with Crippen molar-refractivity contribution < 1.29 is 23.5 Å². The second kappa shape index (κ2) is 7.33. The summed E-state index contributed by atoms with van der Waals surface area (Å²) in [6.07, 6.45) is 2.75. The van der Waals surface area contributed by atoms with Gasteiger partial charge in [0, 0.05) is 24.6 Å². The number of aliphatic carboxylic acids is 1. The van der Waals surface area contributed by atoms with Crippen LogP contribution in [0, 0.1) is 11.6 Å². The van der Waals surface area contributed by atoms with E-state index < -0.39 is 17.6 Å². The van der Waals surface area contributed by atoms with Gasteiger partial charge >= 0.3 is 5.97 Å². The van der Waals surface area contributed by atoms with Gasteiger partial charge in [-0.2, -0.15) is 0 Å². The fourth-order valence-corrected chi connectivity index (χ4v) is 2.86. The van der Waals surface area contributed by atoms with Crippen molar-refractivity contribution in [1.29, 1.82) is 0 Å². The molecule has 0 aliphatic carbocycles. The molecule has 0 saturated carbocycles. The number of halogens is 2. The van der Waals surface area contributed by atoms with E-state index in [4.69, 9.17) is 5.11 Å². The number of carboxylic acid groups (broad SMARTS) is 1. The maximum absolute atomic E-state index is 13.6. The summed E-state index contributed by atoms with van der Waals surface area (Å²) in [5.74, 6) is -2.35. The van der Waals surface area contributed by atoms with Crippen LogP contribution < -0.4 is 0 Å². The van der Waals surface area contributed by atoms with Crippen LogP contribution in [0.3, 0.4) is 0 Å². The lowest BCUT2D eigenvalue weighted by molar-refractivity contribution is -0.139. The summed E-state index contributed by atoms with van der Waals surface area (Å²) in [6, 6.07) is 2.92. The monoisotopic (exact) mass is 311 g/mol. The summed E-state index contributed by atoms with van der Waals surface area (Å²) in [6.45, 7) is 0.542. The first-order chi connectivity index (χ1) is 10.5. The number of piperidine rings is 1. The second-order valence-electron chi connectivity index (χ2n) is 5.58. The standard InChI is InChI=1S/C16H19F2NO3/c17-12-4-6-14(18)11(9-12)10-15(20)19-8-2-1-3-13(19)5-7-16(21)22/h4,6,9,13H,1-3,5,7-8,10H2,(H,21,22)/t13-/m0/s1. The number of carboxylic acids is 1. The van der Waals surface area contributed by atoms with Gasteiger partial charge < -0.3 is 10.0 Å². The molecule has 1 aliphatic heterocycles. The van der Waals surface area contributed by atoms with Crippen molar-refractivity contribution in [2.24, 2.45) is 0 Å². The number of nitrogens with zero attached hydrogens (tertiary/aromatic N) is 1. The first kappa shape index (κ1) is 16.4. The molecule has 0 radical (unpaired) electrons. The van der Waals surface area contributed by atoms with Crippen LogP contribution >= 0.6 is 0 Å². The lowest BCUT2D eigenvalue weighted by atomic mass is 9.97. The van der Waals surface area contributed by atoms with Crippen molar-refractivity contribution in [2.45, 2.75) is 44.6 Å². The third-order valence-electron chi connectivity index (χ3n) is 3.99. The Bertz CT molecular complexity index is 562. The van der Waals surface area contributed by atoms with E-state index in [0.717, 1.165) is 37.5 Å². The van der Waals surface area contributed by atoms with E-state index in [1.165, 1.54) is 0 Å². The molecule has 1 saturated heterocycles. The molecule has 6 heteroatoms. The van der Waals surface area contributed by atoms with Gasteiger partial charge in [-0.25, -0.2) is 8.78 Å². The van der Waals surface area contributed by atoms with Gasteiger partial charge in [-0.1, -0.05) is 0 Å². The normalized spacial score (nSPS) is 18.3. The Labute approximate surface area is 127 Å². The molecule has 120 valence electrons. The molecule has 0 spiro atoms. The molecule has 22 heavy (non-hydrogen) atoms. The van der Waals surface area contributed by atoms with Gasteiger partial charge in [-0.15, -0.1) is 0 Å². The van der Waals surface area contributed by atoms with Gasteiger partial charge in [0.1, 0.15) is 11.6 Å². The van der Waals surface area contributed by atoms with Crippen molar-refractivity contribution in [3.63, 3.8) is 0 Å². The number of likely N-dealkylation sites (tertiary alicyclic amines) is 1. The molecule has 0 aromatic heterocycles. The minimum Gasteiger partial charge on any atom is -0.481 e. The molecule has 1 N–H and O–H groups in total. The zero-order valence-corrected chi connectivity index (χ0v) is 12.2. The van der Waals surface area contributed by atoms with Gasteiger partial charge in [0.2, 0.25) is 5.91 Å². The number of carbonyl (C=O) groups is 2. The molecular formula is C16H19F2NO3. The minimum atomic E-state index is -0.894. The number of hydrogen-bond acceptors (Lipinski definition) is 2. The third kappa shape index (κ3) is 4.26. The van der Waals surface area contributed by atoms with Crippen molar-refractivity contribution >= 4 is 11.9 Å². The van der Waals surface area contributed by atoms with Gasteiger partial charge in [0.15, 0.2) is 0 Å². The van der Waals surface area contributed by atoms with Crippen LogP contribution in [0.5, 0.6) is 0 Å². The van der Waals surface area contributed by atoms with Gasteiger partial charge in [-0.05, 0) is 43.9 Å². The maximum Gasteiger partial charge on any atom is 0.303 e. The van der Waals surface area contributed by atoms with E-state index in [-0.39, 0.29) is 30.4 Å². The number of benzene rings is 1. The number of hydrogen-bond donors (Lipinski definition) is 1.